The van der Waals surface area contributed by atoms with Crippen LogP contribution in [0.4, 0.5) is 0 Å². The lowest BCUT2D eigenvalue weighted by Crippen LogP contribution is -1.94. The van der Waals surface area contributed by atoms with E-state index >= 15 is 0 Å². The van der Waals surface area contributed by atoms with Crippen LogP contribution in [0, 0.1) is 0 Å². The highest BCUT2D eigenvalue weighted by molar-refractivity contribution is 6.42. The third kappa shape index (κ3) is 4.11. The van der Waals surface area contributed by atoms with E-state index in [-0.39, 0.29) is 5.56 Å². The summed E-state index contributed by atoms with van der Waals surface area (Å²) in [6.45, 7) is 0. The van der Waals surface area contributed by atoms with Crippen LogP contribution in [-0.2, 0) is 0 Å². The fraction of sp³-hybridized carbons (Fsp3) is 0. The lowest BCUT2D eigenvalue weighted by atomic mass is 9.99. The summed E-state index contributed by atoms with van der Waals surface area (Å²) >= 11 is 12.1. The summed E-state index contributed by atoms with van der Waals surface area (Å²) in [4.78, 5) is 10.9. The Morgan fingerprint density at radius 1 is 0.840 bits per heavy atom. The lowest BCUT2D eigenvalue weighted by Gasteiger charge is -2.08. The van der Waals surface area contributed by atoms with Gasteiger partial charge in [0.1, 0.15) is 0 Å². The monoisotopic (exact) mass is 368 g/mol. The summed E-state index contributed by atoms with van der Waals surface area (Å²) in [5.41, 5.74) is 4.25. The van der Waals surface area contributed by atoms with E-state index in [1.54, 1.807) is 30.3 Å². The average molecular weight is 369 g/mol. The van der Waals surface area contributed by atoms with Crippen molar-refractivity contribution < 1.29 is 9.90 Å². The van der Waals surface area contributed by atoms with E-state index in [4.69, 9.17) is 28.3 Å². The highest BCUT2D eigenvalue weighted by atomic mass is 35.5. The SMILES string of the molecule is O=C(O)c1ccc(C=Cc2ccccc2-c2ccc(Cl)c(Cl)c2)cc1. The number of carboxylic acid groups (broad SMARTS) is 1. The van der Waals surface area contributed by atoms with E-state index in [0.29, 0.717) is 10.0 Å². The van der Waals surface area contributed by atoms with E-state index in [9.17, 15) is 4.79 Å². The number of aromatic carboxylic acids is 1. The van der Waals surface area contributed by atoms with Crippen LogP contribution in [0.15, 0.2) is 66.7 Å². The molecule has 0 heterocycles. The van der Waals surface area contributed by atoms with E-state index in [2.05, 4.69) is 0 Å². The second kappa shape index (κ2) is 7.56. The van der Waals surface area contributed by atoms with Gasteiger partial charge in [-0.15, -0.1) is 0 Å². The van der Waals surface area contributed by atoms with Gasteiger partial charge in [0, 0.05) is 0 Å². The maximum Gasteiger partial charge on any atom is 0.335 e. The standard InChI is InChI=1S/C21H14Cl2O2/c22-19-12-11-17(13-20(19)23)18-4-2-1-3-15(18)8-5-14-6-9-16(10-7-14)21(24)25/h1-13H,(H,24,25). The van der Waals surface area contributed by atoms with Gasteiger partial charge in [-0.05, 0) is 46.5 Å². The third-order valence-corrected chi connectivity index (χ3v) is 4.54. The van der Waals surface area contributed by atoms with Crippen molar-refractivity contribution in [3.05, 3.63) is 93.5 Å². The Bertz CT molecular complexity index is 944. The highest BCUT2D eigenvalue weighted by Crippen LogP contribution is 2.31. The summed E-state index contributed by atoms with van der Waals surface area (Å²) in [6, 6.07) is 20.3. The van der Waals surface area contributed by atoms with Crippen LogP contribution in [0.3, 0.4) is 0 Å². The second-order valence-corrected chi connectivity index (χ2v) is 6.29. The minimum absolute atomic E-state index is 0.272. The lowest BCUT2D eigenvalue weighted by molar-refractivity contribution is 0.0697. The van der Waals surface area contributed by atoms with Crippen molar-refractivity contribution in [3.63, 3.8) is 0 Å². The molecule has 0 aliphatic heterocycles. The smallest absolute Gasteiger partial charge is 0.335 e. The Morgan fingerprint density at radius 2 is 1.56 bits per heavy atom. The molecule has 3 rings (SSSR count). The van der Waals surface area contributed by atoms with E-state index < -0.39 is 5.97 Å². The first-order valence-corrected chi connectivity index (χ1v) is 8.36. The van der Waals surface area contributed by atoms with Crippen LogP contribution >= 0.6 is 23.2 Å². The number of halogens is 2. The van der Waals surface area contributed by atoms with Crippen molar-refractivity contribution in [2.45, 2.75) is 0 Å². The first kappa shape index (κ1) is 17.3. The molecule has 3 aromatic rings. The largest absolute Gasteiger partial charge is 0.478 e. The van der Waals surface area contributed by atoms with Crippen molar-refractivity contribution in [2.24, 2.45) is 0 Å². The van der Waals surface area contributed by atoms with E-state index in [0.717, 1.165) is 22.3 Å². The number of carbonyl (C=O) groups is 1. The number of rotatable bonds is 4. The molecule has 0 bridgehead atoms. The predicted octanol–water partition coefficient (Wildman–Crippen LogP) is 6.53. The normalized spacial score (nSPS) is 11.0. The second-order valence-electron chi connectivity index (χ2n) is 5.48. The van der Waals surface area contributed by atoms with Gasteiger partial charge in [-0.3, -0.25) is 0 Å². The molecule has 0 saturated heterocycles. The Morgan fingerprint density at radius 3 is 2.24 bits per heavy atom. The molecular weight excluding hydrogens is 355 g/mol. The fourth-order valence-electron chi connectivity index (χ4n) is 2.49. The molecule has 0 aliphatic carbocycles. The van der Waals surface area contributed by atoms with Gasteiger partial charge in [-0.1, -0.05) is 77.8 Å². The molecule has 3 aromatic carbocycles. The van der Waals surface area contributed by atoms with Gasteiger partial charge in [0.25, 0.3) is 0 Å². The molecule has 1 N–H and O–H groups in total. The number of hydrogen-bond donors (Lipinski definition) is 1. The molecular formula is C21H14Cl2O2. The van der Waals surface area contributed by atoms with Crippen molar-refractivity contribution in [2.75, 3.05) is 0 Å². The molecule has 0 aromatic heterocycles. The first-order chi connectivity index (χ1) is 12.0. The first-order valence-electron chi connectivity index (χ1n) is 7.60. The number of hydrogen-bond acceptors (Lipinski definition) is 1. The molecule has 0 unspecified atom stereocenters. The Hall–Kier alpha value is -2.55. The maximum atomic E-state index is 10.9. The molecule has 0 saturated carbocycles. The summed E-state index contributed by atoms with van der Waals surface area (Å²) in [5.74, 6) is -0.930. The molecule has 0 aliphatic rings. The molecule has 25 heavy (non-hydrogen) atoms. The van der Waals surface area contributed by atoms with Crippen LogP contribution in [0.25, 0.3) is 23.3 Å². The van der Waals surface area contributed by atoms with Gasteiger partial charge >= 0.3 is 5.97 Å². The molecule has 0 radical (unpaired) electrons. The Kier molecular flexibility index (Phi) is 5.22. The quantitative estimate of drug-likeness (QED) is 0.531. The molecule has 2 nitrogen and oxygen atoms in total. The predicted molar refractivity (Wildman–Crippen MR) is 104 cm³/mol. The molecule has 0 atom stereocenters. The molecule has 0 amide bonds. The van der Waals surface area contributed by atoms with Crippen LogP contribution in [0.2, 0.25) is 10.0 Å². The zero-order valence-electron chi connectivity index (χ0n) is 13.1. The summed E-state index contributed by atoms with van der Waals surface area (Å²) in [7, 11) is 0. The number of benzene rings is 3. The van der Waals surface area contributed by atoms with Crippen LogP contribution in [0.5, 0.6) is 0 Å². The van der Waals surface area contributed by atoms with Crippen LogP contribution in [0.1, 0.15) is 21.5 Å². The van der Waals surface area contributed by atoms with Crippen LogP contribution in [-0.4, -0.2) is 11.1 Å². The highest BCUT2D eigenvalue weighted by Gasteiger charge is 2.05. The minimum atomic E-state index is -0.930. The zero-order valence-corrected chi connectivity index (χ0v) is 14.6. The Balaban J connectivity index is 1.93. The summed E-state index contributed by atoms with van der Waals surface area (Å²) in [6.07, 6.45) is 3.94. The van der Waals surface area contributed by atoms with Crippen molar-refractivity contribution in [1.82, 2.24) is 0 Å². The summed E-state index contributed by atoms with van der Waals surface area (Å²) in [5, 5.41) is 9.99. The van der Waals surface area contributed by atoms with Crippen LogP contribution < -0.4 is 0 Å². The van der Waals surface area contributed by atoms with Gasteiger partial charge < -0.3 is 5.11 Å². The minimum Gasteiger partial charge on any atom is -0.478 e. The Labute approximate surface area is 156 Å². The van der Waals surface area contributed by atoms with Gasteiger partial charge in [0.2, 0.25) is 0 Å². The zero-order chi connectivity index (χ0) is 17.8. The molecule has 124 valence electrons. The fourth-order valence-corrected chi connectivity index (χ4v) is 2.79. The van der Waals surface area contributed by atoms with Crippen molar-refractivity contribution in [3.8, 4) is 11.1 Å². The van der Waals surface area contributed by atoms with Crippen molar-refractivity contribution in [1.29, 1.82) is 0 Å². The third-order valence-electron chi connectivity index (χ3n) is 3.80. The van der Waals surface area contributed by atoms with Crippen molar-refractivity contribution >= 4 is 41.3 Å². The van der Waals surface area contributed by atoms with E-state index in [1.807, 2.05) is 48.6 Å². The maximum absolute atomic E-state index is 10.9. The van der Waals surface area contributed by atoms with E-state index in [1.165, 1.54) is 0 Å². The average Bonchev–Trinajstić information content (AvgIpc) is 2.63. The van der Waals surface area contributed by atoms with Gasteiger partial charge in [-0.25, -0.2) is 4.79 Å². The van der Waals surface area contributed by atoms with Gasteiger partial charge in [0.15, 0.2) is 0 Å². The molecule has 0 fully saturated rings. The van der Waals surface area contributed by atoms with Gasteiger partial charge in [-0.2, -0.15) is 0 Å². The molecule has 4 heteroatoms. The summed E-state index contributed by atoms with van der Waals surface area (Å²) < 4.78 is 0. The van der Waals surface area contributed by atoms with Gasteiger partial charge in [0.05, 0.1) is 15.6 Å². The topological polar surface area (TPSA) is 37.3 Å². The molecule has 0 spiro atoms. The number of carboxylic acids is 1.